The molecule has 1 aromatic carbocycles. The van der Waals surface area contributed by atoms with E-state index in [1.807, 2.05) is 31.2 Å². The highest BCUT2D eigenvalue weighted by molar-refractivity contribution is 7.16. The molecule has 110 valence electrons. The highest BCUT2D eigenvalue weighted by Crippen LogP contribution is 2.53. The zero-order chi connectivity index (χ0) is 15.2. The third-order valence-corrected chi connectivity index (χ3v) is 5.26. The normalized spacial score (nSPS) is 19.3. The van der Waals surface area contributed by atoms with Gasteiger partial charge in [-0.15, -0.1) is 34.5 Å². The predicted molar refractivity (Wildman–Crippen MR) is 88.5 cm³/mol. The first kappa shape index (κ1) is 15.1. The van der Waals surface area contributed by atoms with Crippen LogP contribution in [0.5, 0.6) is 0 Å². The number of rotatable bonds is 3. The van der Waals surface area contributed by atoms with Gasteiger partial charge in [0.15, 0.2) is 5.13 Å². The molecule has 0 radical (unpaired) electrons. The van der Waals surface area contributed by atoms with Crippen LogP contribution in [0.1, 0.15) is 11.3 Å². The van der Waals surface area contributed by atoms with E-state index in [0.29, 0.717) is 16.6 Å². The number of alkyl halides is 2. The number of carbonyl (C=O) groups is 1. The lowest BCUT2D eigenvalue weighted by atomic mass is 10.1. The fourth-order valence-corrected chi connectivity index (χ4v) is 3.49. The molecular weight excluding hydrogens is 351 g/mol. The molecule has 1 atom stereocenters. The summed E-state index contributed by atoms with van der Waals surface area (Å²) >= 11 is 19.1. The van der Waals surface area contributed by atoms with Crippen LogP contribution in [0.4, 0.5) is 5.13 Å². The molecule has 1 heterocycles. The maximum absolute atomic E-state index is 12.0. The molecule has 0 spiro atoms. The van der Waals surface area contributed by atoms with Crippen molar-refractivity contribution in [1.82, 2.24) is 4.98 Å². The number of hydrogen-bond acceptors (Lipinski definition) is 3. The number of anilines is 1. The third-order valence-electron chi connectivity index (χ3n) is 3.29. The molecule has 0 saturated heterocycles. The number of amides is 1. The summed E-state index contributed by atoms with van der Waals surface area (Å²) in [6, 6.07) is 7.43. The molecule has 1 fully saturated rings. The summed E-state index contributed by atoms with van der Waals surface area (Å²) < 4.78 is -0.921. The van der Waals surface area contributed by atoms with Gasteiger partial charge in [0.05, 0.1) is 11.6 Å². The number of nitrogens with zero attached hydrogens (tertiary/aromatic N) is 1. The fourth-order valence-electron chi connectivity index (χ4n) is 2.02. The largest absolute Gasteiger partial charge is 0.302 e. The SMILES string of the molecule is Cc1sc(NC(=O)C2CC2(Cl)Cl)nc1-c1ccc(Cl)cc1. The van der Waals surface area contributed by atoms with Crippen LogP contribution in [-0.4, -0.2) is 15.2 Å². The maximum atomic E-state index is 12.0. The number of aryl methyl sites for hydroxylation is 1. The van der Waals surface area contributed by atoms with Gasteiger partial charge in [0.25, 0.3) is 0 Å². The van der Waals surface area contributed by atoms with Gasteiger partial charge in [0.1, 0.15) is 4.33 Å². The van der Waals surface area contributed by atoms with Crippen LogP contribution in [0.25, 0.3) is 11.3 Å². The smallest absolute Gasteiger partial charge is 0.232 e. The van der Waals surface area contributed by atoms with Crippen LogP contribution < -0.4 is 5.32 Å². The van der Waals surface area contributed by atoms with Crippen LogP contribution in [0.3, 0.4) is 0 Å². The number of halogens is 3. The Kier molecular flexibility index (Phi) is 3.91. The quantitative estimate of drug-likeness (QED) is 0.790. The van der Waals surface area contributed by atoms with Gasteiger partial charge in [-0.05, 0) is 25.5 Å². The number of hydrogen-bond donors (Lipinski definition) is 1. The van der Waals surface area contributed by atoms with E-state index in [4.69, 9.17) is 34.8 Å². The average Bonchev–Trinajstić information content (AvgIpc) is 2.90. The van der Waals surface area contributed by atoms with Crippen molar-refractivity contribution in [2.75, 3.05) is 5.32 Å². The monoisotopic (exact) mass is 360 g/mol. The second-order valence-electron chi connectivity index (χ2n) is 4.94. The molecule has 1 amide bonds. The lowest BCUT2D eigenvalue weighted by Gasteiger charge is -2.01. The predicted octanol–water partition coefficient (Wildman–Crippen LogP) is 4.90. The molecule has 1 aromatic heterocycles. The van der Waals surface area contributed by atoms with Crippen molar-refractivity contribution in [3.8, 4) is 11.3 Å². The molecule has 7 heteroatoms. The first-order chi connectivity index (χ1) is 9.87. The lowest BCUT2D eigenvalue weighted by Crippen LogP contribution is -2.16. The molecule has 21 heavy (non-hydrogen) atoms. The first-order valence-electron chi connectivity index (χ1n) is 6.29. The zero-order valence-corrected chi connectivity index (χ0v) is 14.1. The van der Waals surface area contributed by atoms with E-state index in [2.05, 4.69) is 10.3 Å². The number of carbonyl (C=O) groups excluding carboxylic acids is 1. The van der Waals surface area contributed by atoms with E-state index in [-0.39, 0.29) is 11.8 Å². The number of thiazole rings is 1. The van der Waals surface area contributed by atoms with Crippen molar-refractivity contribution in [2.45, 2.75) is 17.7 Å². The maximum Gasteiger partial charge on any atom is 0.232 e. The number of benzene rings is 1. The minimum absolute atomic E-state index is 0.184. The Morgan fingerprint density at radius 1 is 1.38 bits per heavy atom. The van der Waals surface area contributed by atoms with Gasteiger partial charge in [-0.2, -0.15) is 0 Å². The Hall–Kier alpha value is -0.810. The van der Waals surface area contributed by atoms with Crippen LogP contribution in [0, 0.1) is 12.8 Å². The van der Waals surface area contributed by atoms with Gasteiger partial charge >= 0.3 is 0 Å². The summed E-state index contributed by atoms with van der Waals surface area (Å²) in [5.41, 5.74) is 1.80. The standard InChI is InChI=1S/C14H11Cl3N2OS/c1-7-11(8-2-4-9(15)5-3-8)18-13(21-7)19-12(20)10-6-14(10,16)17/h2-5,10H,6H2,1H3,(H,18,19,20). The summed E-state index contributed by atoms with van der Waals surface area (Å²) in [6.45, 7) is 1.96. The Balaban J connectivity index is 1.78. The average molecular weight is 362 g/mol. The molecule has 1 saturated carbocycles. The third kappa shape index (κ3) is 3.19. The minimum atomic E-state index is -0.921. The van der Waals surface area contributed by atoms with Crippen LogP contribution in [0.2, 0.25) is 5.02 Å². The molecule has 3 nitrogen and oxygen atoms in total. The highest BCUT2D eigenvalue weighted by atomic mass is 35.5. The van der Waals surface area contributed by atoms with Crippen molar-refractivity contribution < 1.29 is 4.79 Å². The van der Waals surface area contributed by atoms with Gasteiger partial charge < -0.3 is 5.32 Å². The Morgan fingerprint density at radius 2 is 2.00 bits per heavy atom. The Morgan fingerprint density at radius 3 is 2.57 bits per heavy atom. The van der Waals surface area contributed by atoms with E-state index >= 15 is 0 Å². The molecule has 1 aliphatic carbocycles. The molecule has 3 rings (SSSR count). The van der Waals surface area contributed by atoms with Crippen molar-refractivity contribution in [2.24, 2.45) is 5.92 Å². The molecular formula is C14H11Cl3N2OS. The summed E-state index contributed by atoms with van der Waals surface area (Å²) in [7, 11) is 0. The second kappa shape index (κ2) is 5.43. The van der Waals surface area contributed by atoms with Gasteiger partial charge in [0.2, 0.25) is 5.91 Å². The van der Waals surface area contributed by atoms with E-state index in [1.54, 1.807) is 0 Å². The first-order valence-corrected chi connectivity index (χ1v) is 8.24. The zero-order valence-electron chi connectivity index (χ0n) is 11.0. The molecule has 1 N–H and O–H groups in total. The molecule has 1 aliphatic rings. The molecule has 1 unspecified atom stereocenters. The molecule has 0 bridgehead atoms. The lowest BCUT2D eigenvalue weighted by molar-refractivity contribution is -0.117. The summed E-state index contributed by atoms with van der Waals surface area (Å²) in [6.07, 6.45) is 0.482. The van der Waals surface area contributed by atoms with E-state index in [0.717, 1.165) is 16.1 Å². The van der Waals surface area contributed by atoms with Crippen molar-refractivity contribution >= 4 is 57.2 Å². The van der Waals surface area contributed by atoms with Gasteiger partial charge in [-0.1, -0.05) is 23.7 Å². The molecule has 2 aromatic rings. The van der Waals surface area contributed by atoms with Gasteiger partial charge in [-0.25, -0.2) is 4.98 Å². The summed E-state index contributed by atoms with van der Waals surface area (Å²) in [5.74, 6) is -0.541. The second-order valence-corrected chi connectivity index (χ2v) is 8.12. The number of nitrogens with one attached hydrogen (secondary N) is 1. The summed E-state index contributed by atoms with van der Waals surface area (Å²) in [5, 5.41) is 4.00. The number of aromatic nitrogens is 1. The van der Waals surface area contributed by atoms with Gasteiger partial charge in [-0.3, -0.25) is 4.79 Å². The fraction of sp³-hybridized carbons (Fsp3) is 0.286. The van der Waals surface area contributed by atoms with Gasteiger partial charge in [0, 0.05) is 15.5 Å². The van der Waals surface area contributed by atoms with Crippen molar-refractivity contribution in [3.63, 3.8) is 0 Å². The highest BCUT2D eigenvalue weighted by Gasteiger charge is 2.56. The Bertz CT molecular complexity index is 697. The van der Waals surface area contributed by atoms with Crippen LogP contribution >= 0.6 is 46.1 Å². The topological polar surface area (TPSA) is 42.0 Å². The van der Waals surface area contributed by atoms with E-state index in [1.165, 1.54) is 11.3 Å². The van der Waals surface area contributed by atoms with Crippen molar-refractivity contribution in [1.29, 1.82) is 0 Å². The van der Waals surface area contributed by atoms with Crippen LogP contribution in [-0.2, 0) is 4.79 Å². The Labute approximate surface area is 141 Å². The summed E-state index contributed by atoms with van der Waals surface area (Å²) in [4.78, 5) is 17.4. The molecule has 0 aliphatic heterocycles. The minimum Gasteiger partial charge on any atom is -0.302 e. The van der Waals surface area contributed by atoms with Crippen LogP contribution in [0.15, 0.2) is 24.3 Å². The van der Waals surface area contributed by atoms with E-state index in [9.17, 15) is 4.79 Å². The van der Waals surface area contributed by atoms with E-state index < -0.39 is 4.33 Å². The van der Waals surface area contributed by atoms with Crippen molar-refractivity contribution in [3.05, 3.63) is 34.2 Å².